The van der Waals surface area contributed by atoms with Gasteiger partial charge in [0.2, 0.25) is 0 Å². The fourth-order valence-electron chi connectivity index (χ4n) is 15.7. The zero-order valence-electron chi connectivity index (χ0n) is 53.5. The van der Waals surface area contributed by atoms with Gasteiger partial charge in [0.05, 0.1) is 23.1 Å². The van der Waals surface area contributed by atoms with E-state index in [9.17, 15) is 0 Å². The molecule has 0 saturated heterocycles. The second kappa shape index (κ2) is 22.0. The average Bonchev–Trinajstić information content (AvgIpc) is 1.57. The van der Waals surface area contributed by atoms with Crippen molar-refractivity contribution in [1.29, 1.82) is 0 Å². The normalized spacial score (nSPS) is 15.4. The molecule has 0 fully saturated rings. The quantitative estimate of drug-likeness (QED) is 0.0949. The standard InChI is InChI=1S/C87H81NO/c1-10-11-12-13-46-89-75-40-34-69(35-41-75)86(68-30-14-55(2)15-31-68)80-47-56(3)16-42-76(80)78-44-28-66(53-82(78)86)62-24-36-73(37-25-62)88(84-58(5)49-72(50-59(84)6)85(7,8)9)74-38-26-63(27-39-74)67-29-45-79-77-43-17-57(4)48-81(77)87(83(79)54-67,70-32-22-60-18-20-64(60)51-70)71-33-23-61-19-21-65(61)52-71/h14-17,22-45,47-54H,10-13,18-21,46H2,1-9H3. The third kappa shape index (κ3) is 9.34. The lowest BCUT2D eigenvalue weighted by molar-refractivity contribution is 0.305. The number of benzene rings is 11. The van der Waals surface area contributed by atoms with Gasteiger partial charge in [0.1, 0.15) is 5.75 Å². The second-order valence-electron chi connectivity index (χ2n) is 27.5. The maximum atomic E-state index is 6.36. The summed E-state index contributed by atoms with van der Waals surface area (Å²) >= 11 is 0. The summed E-state index contributed by atoms with van der Waals surface area (Å²) in [6.45, 7) is 21.2. The van der Waals surface area contributed by atoms with Crippen molar-refractivity contribution in [2.75, 3.05) is 11.5 Å². The molecule has 0 saturated carbocycles. The van der Waals surface area contributed by atoms with E-state index in [0.717, 1.165) is 43.0 Å². The van der Waals surface area contributed by atoms with Gasteiger partial charge in [0, 0.05) is 11.4 Å². The van der Waals surface area contributed by atoms with Gasteiger partial charge >= 0.3 is 0 Å². The predicted octanol–water partition coefficient (Wildman–Crippen LogP) is 22.2. The fraction of sp³-hybridized carbons (Fsp3) is 0.241. The number of hydrogen-bond donors (Lipinski definition) is 0. The molecule has 440 valence electrons. The molecule has 11 aromatic carbocycles. The number of aryl methyl sites for hydroxylation is 9. The monoisotopic (exact) mass is 1160 g/mol. The number of fused-ring (bicyclic) bond motifs is 8. The van der Waals surface area contributed by atoms with E-state index >= 15 is 0 Å². The Hall–Kier alpha value is -8.98. The van der Waals surface area contributed by atoms with Crippen LogP contribution >= 0.6 is 0 Å². The molecule has 0 amide bonds. The summed E-state index contributed by atoms with van der Waals surface area (Å²) in [6.07, 6.45) is 9.37. The van der Waals surface area contributed by atoms with Crippen molar-refractivity contribution in [3.63, 3.8) is 0 Å². The molecule has 0 spiro atoms. The lowest BCUT2D eigenvalue weighted by Crippen LogP contribution is -2.30. The third-order valence-corrected chi connectivity index (χ3v) is 20.7. The van der Waals surface area contributed by atoms with E-state index in [2.05, 4.69) is 286 Å². The smallest absolute Gasteiger partial charge is 0.119 e. The van der Waals surface area contributed by atoms with Crippen LogP contribution in [0.1, 0.15) is 154 Å². The Kier molecular flexibility index (Phi) is 13.9. The van der Waals surface area contributed by atoms with Crippen molar-refractivity contribution < 1.29 is 4.74 Å². The lowest BCUT2D eigenvalue weighted by atomic mass is 9.65. The van der Waals surface area contributed by atoms with Crippen LogP contribution < -0.4 is 9.64 Å². The summed E-state index contributed by atoms with van der Waals surface area (Å²) in [4.78, 5) is 2.50. The third-order valence-electron chi connectivity index (χ3n) is 20.7. The van der Waals surface area contributed by atoms with Crippen LogP contribution in [0.2, 0.25) is 0 Å². The largest absolute Gasteiger partial charge is 0.494 e. The maximum absolute atomic E-state index is 6.36. The molecule has 11 aromatic rings. The molecule has 2 heteroatoms. The van der Waals surface area contributed by atoms with Crippen LogP contribution in [-0.2, 0) is 41.9 Å². The van der Waals surface area contributed by atoms with Gasteiger partial charge in [-0.05, 0) is 249 Å². The Balaban J connectivity index is 0.825. The van der Waals surface area contributed by atoms with Crippen molar-refractivity contribution >= 4 is 17.1 Å². The van der Waals surface area contributed by atoms with Gasteiger partial charge in [0.15, 0.2) is 0 Å². The number of unbranched alkanes of at least 4 members (excludes halogenated alkanes) is 3. The van der Waals surface area contributed by atoms with Gasteiger partial charge in [-0.15, -0.1) is 0 Å². The van der Waals surface area contributed by atoms with Gasteiger partial charge in [-0.1, -0.05) is 234 Å². The van der Waals surface area contributed by atoms with Crippen LogP contribution in [0.5, 0.6) is 5.75 Å². The molecule has 4 aliphatic carbocycles. The number of anilines is 3. The van der Waals surface area contributed by atoms with E-state index in [1.54, 1.807) is 0 Å². The number of hydrogen-bond acceptors (Lipinski definition) is 2. The topological polar surface area (TPSA) is 12.5 Å². The Morgan fingerprint density at radius 3 is 1.21 bits per heavy atom. The molecular formula is C87H81NO. The highest BCUT2D eigenvalue weighted by atomic mass is 16.5. The Labute approximate surface area is 529 Å². The molecule has 0 N–H and O–H groups in total. The van der Waals surface area contributed by atoms with Crippen LogP contribution in [0.15, 0.2) is 218 Å². The zero-order valence-corrected chi connectivity index (χ0v) is 53.5. The van der Waals surface area contributed by atoms with Crippen LogP contribution in [-0.4, -0.2) is 6.61 Å². The predicted molar refractivity (Wildman–Crippen MR) is 373 cm³/mol. The molecule has 1 atom stereocenters. The van der Waals surface area contributed by atoms with E-state index in [1.165, 1.54) is 182 Å². The summed E-state index contributed by atoms with van der Waals surface area (Å²) in [5.41, 5.74) is 36.9. The fourth-order valence-corrected chi connectivity index (χ4v) is 15.7. The molecule has 0 aromatic heterocycles. The van der Waals surface area contributed by atoms with Crippen molar-refractivity contribution in [3.05, 3.63) is 319 Å². The van der Waals surface area contributed by atoms with Crippen LogP contribution in [0.4, 0.5) is 17.1 Å². The first-order valence-corrected chi connectivity index (χ1v) is 32.9. The first-order valence-electron chi connectivity index (χ1n) is 32.9. The maximum Gasteiger partial charge on any atom is 0.119 e. The minimum atomic E-state index is -0.547. The van der Waals surface area contributed by atoms with Gasteiger partial charge < -0.3 is 9.64 Å². The van der Waals surface area contributed by atoms with E-state index in [1.807, 2.05) is 0 Å². The van der Waals surface area contributed by atoms with Crippen LogP contribution in [0.25, 0.3) is 44.5 Å². The van der Waals surface area contributed by atoms with Crippen molar-refractivity contribution in [2.45, 2.75) is 130 Å². The van der Waals surface area contributed by atoms with E-state index in [0.29, 0.717) is 0 Å². The molecule has 4 aliphatic rings. The van der Waals surface area contributed by atoms with E-state index in [4.69, 9.17) is 4.74 Å². The molecule has 15 rings (SSSR count). The van der Waals surface area contributed by atoms with Crippen LogP contribution in [0, 0.1) is 34.6 Å². The summed E-state index contributed by atoms with van der Waals surface area (Å²) in [5.74, 6) is 0.926. The second-order valence-corrected chi connectivity index (χ2v) is 27.5. The molecular weight excluding hydrogens is 1070 g/mol. The minimum Gasteiger partial charge on any atom is -0.494 e. The summed E-state index contributed by atoms with van der Waals surface area (Å²) in [6, 6.07) is 85.5. The van der Waals surface area contributed by atoms with Crippen molar-refractivity contribution in [1.82, 2.24) is 0 Å². The molecule has 2 nitrogen and oxygen atoms in total. The summed E-state index contributed by atoms with van der Waals surface area (Å²) < 4.78 is 6.36. The van der Waals surface area contributed by atoms with Gasteiger partial charge in [-0.2, -0.15) is 0 Å². The zero-order chi connectivity index (χ0) is 60.9. The van der Waals surface area contributed by atoms with Crippen molar-refractivity contribution in [2.24, 2.45) is 0 Å². The average molecular weight is 1160 g/mol. The highest BCUT2D eigenvalue weighted by Crippen LogP contribution is 2.60. The van der Waals surface area contributed by atoms with Gasteiger partial charge in [0.25, 0.3) is 0 Å². The molecule has 0 bridgehead atoms. The first kappa shape index (κ1) is 56.5. The lowest BCUT2D eigenvalue weighted by Gasteiger charge is -2.37. The van der Waals surface area contributed by atoms with E-state index < -0.39 is 10.8 Å². The first-order chi connectivity index (χ1) is 43.2. The minimum absolute atomic E-state index is 0.0107. The Morgan fingerprint density at radius 1 is 0.371 bits per heavy atom. The number of rotatable bonds is 15. The Morgan fingerprint density at radius 2 is 0.775 bits per heavy atom. The van der Waals surface area contributed by atoms with Gasteiger partial charge in [-0.25, -0.2) is 0 Å². The highest BCUT2D eigenvalue weighted by Gasteiger charge is 2.49. The summed E-state index contributed by atoms with van der Waals surface area (Å²) in [5, 5.41) is 0. The van der Waals surface area contributed by atoms with Gasteiger partial charge in [-0.3, -0.25) is 0 Å². The molecule has 0 radical (unpaired) electrons. The molecule has 0 heterocycles. The van der Waals surface area contributed by atoms with Crippen LogP contribution in [0.3, 0.4) is 0 Å². The van der Waals surface area contributed by atoms with Crippen molar-refractivity contribution in [3.8, 4) is 50.3 Å². The molecule has 89 heavy (non-hydrogen) atoms. The Bertz CT molecular complexity index is 4490. The number of ether oxygens (including phenoxy) is 1. The summed E-state index contributed by atoms with van der Waals surface area (Å²) in [7, 11) is 0. The number of nitrogens with zero attached hydrogens (tertiary/aromatic N) is 1. The molecule has 0 aliphatic heterocycles. The molecule has 1 unspecified atom stereocenters. The SMILES string of the molecule is CCCCCCOc1ccc(C2(c3ccc(C)cc3)c3cc(C)ccc3-c3ccc(-c4ccc(N(c5ccc(-c6ccc7c(c6)C(c6ccc8c(c6)CC8)(c6ccc8c(c6)CC8)c6cc(C)ccc6-7)cc5)c5c(C)cc(C(C)(C)C)cc5C)cc4)cc32)cc1. The highest BCUT2D eigenvalue weighted by molar-refractivity contribution is 5.92. The van der Waals surface area contributed by atoms with E-state index in [-0.39, 0.29) is 5.41 Å².